The van der Waals surface area contributed by atoms with Gasteiger partial charge in [0.2, 0.25) is 0 Å². The third-order valence-electron chi connectivity index (χ3n) is 7.37. The van der Waals surface area contributed by atoms with Crippen molar-refractivity contribution in [2.24, 2.45) is 11.8 Å². The third-order valence-corrected chi connectivity index (χ3v) is 7.37. The number of nitrogen functional groups attached to an aromatic ring is 1. The Morgan fingerprint density at radius 3 is 2.57 bits per heavy atom. The molecule has 0 amide bonds. The predicted octanol–water partition coefficient (Wildman–Crippen LogP) is 6.14. The summed E-state index contributed by atoms with van der Waals surface area (Å²) in [6.07, 6.45) is 8.28. The average Bonchev–Trinajstić information content (AvgIpc) is 3.65. The molecule has 3 aliphatic carbocycles. The number of nitrogens with two attached hydrogens (primary N) is 1. The minimum Gasteiger partial charge on any atom is -0.464 e. The second-order valence-electron chi connectivity index (χ2n) is 9.47. The van der Waals surface area contributed by atoms with E-state index in [-0.39, 0.29) is 0 Å². The van der Waals surface area contributed by atoms with Crippen LogP contribution in [0.3, 0.4) is 0 Å². The first kappa shape index (κ1) is 18.0. The first-order valence-corrected chi connectivity index (χ1v) is 11.2. The van der Waals surface area contributed by atoms with E-state index in [9.17, 15) is 4.79 Å². The van der Waals surface area contributed by atoms with Gasteiger partial charge < -0.3 is 10.5 Å². The quantitative estimate of drug-likeness (QED) is 0.633. The Morgan fingerprint density at radius 1 is 1.03 bits per heavy atom. The van der Waals surface area contributed by atoms with E-state index in [1.54, 1.807) is 0 Å². The number of allylic oxidation sites excluding steroid dienone is 2. The summed E-state index contributed by atoms with van der Waals surface area (Å²) in [5.74, 6) is 2.64. The molecule has 2 fully saturated rings. The molecule has 0 radical (unpaired) electrons. The van der Waals surface area contributed by atoms with Crippen LogP contribution in [0.2, 0.25) is 0 Å². The van der Waals surface area contributed by atoms with E-state index in [4.69, 9.17) is 10.5 Å². The number of fused-ring (bicyclic) bond motifs is 4. The van der Waals surface area contributed by atoms with Crippen LogP contribution >= 0.6 is 0 Å². The van der Waals surface area contributed by atoms with Crippen LogP contribution in [-0.4, -0.2) is 5.78 Å². The molecular weight excluding hydrogens is 370 g/mol. The molecule has 2 aromatic rings. The highest BCUT2D eigenvalue weighted by atomic mass is 16.5. The molecule has 6 rings (SSSR count). The molecule has 2 saturated carbocycles. The molecule has 2 aromatic carbocycles. The number of hydrogen-bond donors (Lipinski definition) is 1. The highest BCUT2D eigenvalue weighted by Crippen LogP contribution is 2.54. The van der Waals surface area contributed by atoms with Gasteiger partial charge in [0.05, 0.1) is 6.26 Å². The van der Waals surface area contributed by atoms with Crippen molar-refractivity contribution in [3.63, 3.8) is 0 Å². The Balaban J connectivity index is 1.55. The number of carbonyl (C=O) groups excluding carboxylic acids is 1. The molecule has 2 atom stereocenters. The molecule has 0 bridgehead atoms. The minimum absolute atomic E-state index is 0.296. The van der Waals surface area contributed by atoms with Crippen LogP contribution in [-0.2, 0) is 9.53 Å². The molecule has 30 heavy (non-hydrogen) atoms. The van der Waals surface area contributed by atoms with Crippen LogP contribution in [0.1, 0.15) is 61.1 Å². The molecule has 2 N–H and O–H groups in total. The number of hydrogen-bond acceptors (Lipinski definition) is 3. The number of anilines is 1. The predicted molar refractivity (Wildman–Crippen MR) is 120 cm³/mol. The molecule has 0 aromatic heterocycles. The Hall–Kier alpha value is -2.81. The van der Waals surface area contributed by atoms with Crippen LogP contribution in [0.4, 0.5) is 5.69 Å². The summed E-state index contributed by atoms with van der Waals surface area (Å²) < 4.78 is 6.13. The Labute approximate surface area is 177 Å². The van der Waals surface area contributed by atoms with Crippen molar-refractivity contribution >= 4 is 17.2 Å². The van der Waals surface area contributed by atoms with E-state index in [2.05, 4.69) is 31.2 Å². The highest BCUT2D eigenvalue weighted by molar-refractivity contribution is 6.04. The Kier molecular flexibility index (Phi) is 3.96. The van der Waals surface area contributed by atoms with Crippen molar-refractivity contribution in [2.45, 2.75) is 51.4 Å². The number of benzene rings is 2. The van der Waals surface area contributed by atoms with Crippen LogP contribution < -0.4 is 5.73 Å². The van der Waals surface area contributed by atoms with Crippen molar-refractivity contribution < 1.29 is 9.53 Å². The second kappa shape index (κ2) is 6.60. The summed E-state index contributed by atoms with van der Waals surface area (Å²) in [6.45, 7) is 2.25. The zero-order valence-corrected chi connectivity index (χ0v) is 17.4. The molecular formula is C27H27NO2. The van der Waals surface area contributed by atoms with E-state index in [1.165, 1.54) is 47.1 Å². The van der Waals surface area contributed by atoms with Gasteiger partial charge in [-0.3, -0.25) is 4.79 Å². The first-order chi connectivity index (χ1) is 14.6. The molecule has 0 saturated heterocycles. The lowest BCUT2D eigenvalue weighted by molar-refractivity contribution is -0.116. The lowest BCUT2D eigenvalue weighted by atomic mass is 9.77. The fourth-order valence-corrected chi connectivity index (χ4v) is 5.48. The number of rotatable bonds is 3. The zero-order valence-electron chi connectivity index (χ0n) is 17.4. The number of carbonyl (C=O) groups is 1. The van der Waals surface area contributed by atoms with Crippen molar-refractivity contribution in [3.8, 4) is 11.1 Å². The van der Waals surface area contributed by atoms with Gasteiger partial charge in [0.1, 0.15) is 5.76 Å². The Bertz CT molecular complexity index is 1120. The van der Waals surface area contributed by atoms with Crippen LogP contribution in [0.5, 0.6) is 0 Å². The SMILES string of the molecule is Cc1c(-c2ccc(N)cc2)ccc2c1C(CC1CC1)CCC(=O)C1=C2OC=C2CC21. The van der Waals surface area contributed by atoms with Gasteiger partial charge in [0.25, 0.3) is 0 Å². The molecule has 3 heteroatoms. The highest BCUT2D eigenvalue weighted by Gasteiger charge is 2.44. The fourth-order valence-electron chi connectivity index (χ4n) is 5.48. The number of ketones is 1. The zero-order chi connectivity index (χ0) is 20.4. The second-order valence-corrected chi connectivity index (χ2v) is 9.47. The molecule has 152 valence electrons. The van der Waals surface area contributed by atoms with Crippen LogP contribution in [0, 0.1) is 18.8 Å². The largest absolute Gasteiger partial charge is 0.464 e. The van der Waals surface area contributed by atoms with Gasteiger partial charge in [-0.05, 0) is 78.0 Å². The van der Waals surface area contributed by atoms with Crippen molar-refractivity contribution in [1.82, 2.24) is 0 Å². The fraction of sp³-hybridized carbons (Fsp3) is 0.370. The smallest absolute Gasteiger partial charge is 0.163 e. The summed E-state index contributed by atoms with van der Waals surface area (Å²) >= 11 is 0. The van der Waals surface area contributed by atoms with Crippen molar-refractivity contribution in [2.75, 3.05) is 5.73 Å². The minimum atomic E-state index is 0.296. The van der Waals surface area contributed by atoms with E-state index < -0.39 is 0 Å². The molecule has 2 unspecified atom stereocenters. The summed E-state index contributed by atoms with van der Waals surface area (Å²) in [4.78, 5) is 13.1. The van der Waals surface area contributed by atoms with E-state index in [1.807, 2.05) is 18.4 Å². The monoisotopic (exact) mass is 397 g/mol. The maximum Gasteiger partial charge on any atom is 0.163 e. The van der Waals surface area contributed by atoms with E-state index >= 15 is 0 Å². The molecule has 0 spiro atoms. The molecule has 1 aliphatic heterocycles. The van der Waals surface area contributed by atoms with Gasteiger partial charge in [-0.25, -0.2) is 0 Å². The first-order valence-electron chi connectivity index (χ1n) is 11.2. The summed E-state index contributed by atoms with van der Waals surface area (Å²) in [6, 6.07) is 12.5. The van der Waals surface area contributed by atoms with Crippen LogP contribution in [0.15, 0.2) is 53.8 Å². The summed E-state index contributed by atoms with van der Waals surface area (Å²) in [5.41, 5.74) is 15.2. The van der Waals surface area contributed by atoms with E-state index in [0.29, 0.717) is 24.0 Å². The molecule has 1 heterocycles. The van der Waals surface area contributed by atoms with Gasteiger partial charge in [0, 0.05) is 29.2 Å². The van der Waals surface area contributed by atoms with Crippen molar-refractivity contribution in [1.29, 1.82) is 0 Å². The van der Waals surface area contributed by atoms with Gasteiger partial charge in [-0.15, -0.1) is 0 Å². The topological polar surface area (TPSA) is 52.3 Å². The Morgan fingerprint density at radius 2 is 1.80 bits per heavy atom. The normalized spacial score (nSPS) is 24.7. The number of Topliss-reactive ketones (excluding diaryl/α,β-unsaturated/α-hetero) is 1. The van der Waals surface area contributed by atoms with Crippen LogP contribution in [0.25, 0.3) is 16.9 Å². The molecule has 3 nitrogen and oxygen atoms in total. The third kappa shape index (κ3) is 2.91. The van der Waals surface area contributed by atoms with Crippen molar-refractivity contribution in [3.05, 3.63) is 70.5 Å². The van der Waals surface area contributed by atoms with Gasteiger partial charge in [0.15, 0.2) is 5.78 Å². The van der Waals surface area contributed by atoms with Gasteiger partial charge >= 0.3 is 0 Å². The lowest BCUT2D eigenvalue weighted by Crippen LogP contribution is -2.18. The van der Waals surface area contributed by atoms with Gasteiger partial charge in [-0.2, -0.15) is 0 Å². The standard InChI is InChI=1S/C27H27NO2/c1-15-21(17-4-7-20(28)8-5-17)9-10-22-25(15)18(12-16-2-3-16)6-11-24(29)26-23-13-19(23)14-30-27(22)26/h4-5,7-10,14,16,18,23H,2-3,6,11-13,28H2,1H3. The van der Waals surface area contributed by atoms with E-state index in [0.717, 1.165) is 41.3 Å². The molecule has 4 aliphatic rings. The summed E-state index contributed by atoms with van der Waals surface area (Å²) in [7, 11) is 0. The maximum atomic E-state index is 13.1. The lowest BCUT2D eigenvalue weighted by Gasteiger charge is -2.29. The van der Waals surface area contributed by atoms with Gasteiger partial charge in [-0.1, -0.05) is 37.1 Å². The maximum absolute atomic E-state index is 13.1. The number of ether oxygens (including phenoxy) is 1. The summed E-state index contributed by atoms with van der Waals surface area (Å²) in [5, 5.41) is 0. The average molecular weight is 398 g/mol.